The van der Waals surface area contributed by atoms with Crippen LogP contribution < -0.4 is 4.90 Å². The van der Waals surface area contributed by atoms with E-state index >= 15 is 0 Å². The van der Waals surface area contributed by atoms with Crippen molar-refractivity contribution in [2.24, 2.45) is 11.8 Å². The largest absolute Gasteiger partial charge is 0.481 e. The molecule has 0 aromatic heterocycles. The predicted octanol–water partition coefficient (Wildman–Crippen LogP) is 2.22. The lowest BCUT2D eigenvalue weighted by Crippen LogP contribution is -2.57. The number of piperidine rings is 2. The van der Waals surface area contributed by atoms with Gasteiger partial charge in [-0.3, -0.25) is 9.59 Å². The Balaban J connectivity index is 1.86. The minimum atomic E-state index is -0.841. The zero-order chi connectivity index (χ0) is 16.7. The topological polar surface area (TPSA) is 60.9 Å². The Bertz CT molecular complexity index is 647. The summed E-state index contributed by atoms with van der Waals surface area (Å²) in [5.74, 6) is -1.83. The number of carbonyl (C=O) groups excluding carboxylic acids is 1. The zero-order valence-electron chi connectivity index (χ0n) is 13.3. The van der Waals surface area contributed by atoms with Crippen molar-refractivity contribution >= 4 is 17.6 Å². The standard InChI is InChI=1S/C17H21FN2O3/c1-19(2)15-6-4-11(8-13(15)18)16(21)20-9-10-3-5-14(20)12(7-10)17(22)23/h4,6,8,10,12,14H,3,5,7,9H2,1-2H3,(H,22,23). The molecule has 3 unspecified atom stereocenters. The monoisotopic (exact) mass is 320 g/mol. The lowest BCUT2D eigenvalue weighted by molar-refractivity contribution is -0.148. The van der Waals surface area contributed by atoms with Crippen LogP contribution in [0.2, 0.25) is 0 Å². The molecule has 1 aromatic rings. The van der Waals surface area contributed by atoms with Crippen molar-refractivity contribution in [3.05, 3.63) is 29.6 Å². The summed E-state index contributed by atoms with van der Waals surface area (Å²) in [6, 6.07) is 4.16. The Morgan fingerprint density at radius 2 is 2.04 bits per heavy atom. The fourth-order valence-electron chi connectivity index (χ4n) is 3.86. The van der Waals surface area contributed by atoms with Gasteiger partial charge in [-0.05, 0) is 43.4 Å². The van der Waals surface area contributed by atoms with Crippen LogP contribution in [0.4, 0.5) is 10.1 Å². The number of rotatable bonds is 3. The molecule has 0 radical (unpaired) electrons. The third-order valence-electron chi connectivity index (χ3n) is 5.03. The average Bonchev–Trinajstić information content (AvgIpc) is 2.53. The number of carboxylic acids is 1. The number of carboxylic acid groups (broad SMARTS) is 1. The molecule has 2 bridgehead atoms. The maximum absolute atomic E-state index is 14.1. The summed E-state index contributed by atoms with van der Waals surface area (Å²) in [7, 11) is 3.47. The number of aliphatic carboxylic acids is 1. The highest BCUT2D eigenvalue weighted by Crippen LogP contribution is 2.40. The minimum Gasteiger partial charge on any atom is -0.481 e. The van der Waals surface area contributed by atoms with Crippen molar-refractivity contribution < 1.29 is 19.1 Å². The third kappa shape index (κ3) is 2.78. The van der Waals surface area contributed by atoms with Gasteiger partial charge in [0.25, 0.3) is 5.91 Å². The molecule has 5 nitrogen and oxygen atoms in total. The molecule has 23 heavy (non-hydrogen) atoms. The Hall–Kier alpha value is -2.11. The van der Waals surface area contributed by atoms with Crippen LogP contribution in [0.25, 0.3) is 0 Å². The number of amides is 1. The van der Waals surface area contributed by atoms with E-state index < -0.39 is 17.7 Å². The van der Waals surface area contributed by atoms with Crippen molar-refractivity contribution in [3.8, 4) is 0 Å². The van der Waals surface area contributed by atoms with Crippen LogP contribution in [0.3, 0.4) is 0 Å². The molecule has 1 aliphatic carbocycles. The van der Waals surface area contributed by atoms with Crippen molar-refractivity contribution in [3.63, 3.8) is 0 Å². The zero-order valence-corrected chi connectivity index (χ0v) is 13.3. The first-order chi connectivity index (χ1) is 10.9. The molecule has 3 fully saturated rings. The highest BCUT2D eigenvalue weighted by molar-refractivity contribution is 5.95. The molecule has 1 N–H and O–H groups in total. The summed E-state index contributed by atoms with van der Waals surface area (Å²) in [6.45, 7) is 0.574. The quantitative estimate of drug-likeness (QED) is 0.928. The summed E-state index contributed by atoms with van der Waals surface area (Å²) in [6.07, 6.45) is 2.31. The first-order valence-corrected chi connectivity index (χ1v) is 7.89. The number of hydrogen-bond donors (Lipinski definition) is 1. The molecule has 0 spiro atoms. The molecular weight excluding hydrogens is 299 g/mol. The molecule has 2 saturated heterocycles. The Kier molecular flexibility index (Phi) is 4.00. The van der Waals surface area contributed by atoms with E-state index in [1.165, 1.54) is 6.07 Å². The number of hydrogen-bond acceptors (Lipinski definition) is 3. The Labute approximate surface area is 134 Å². The highest BCUT2D eigenvalue weighted by Gasteiger charge is 2.46. The number of carbonyl (C=O) groups is 2. The van der Waals surface area contributed by atoms with Crippen molar-refractivity contribution in [2.75, 3.05) is 25.5 Å². The molecule has 124 valence electrons. The van der Waals surface area contributed by atoms with Gasteiger partial charge in [0.05, 0.1) is 11.6 Å². The molecule has 2 heterocycles. The molecule has 3 atom stereocenters. The van der Waals surface area contributed by atoms with Crippen molar-refractivity contribution in [1.82, 2.24) is 4.90 Å². The third-order valence-corrected chi connectivity index (χ3v) is 5.03. The van der Waals surface area contributed by atoms with E-state index in [0.29, 0.717) is 25.1 Å². The van der Waals surface area contributed by atoms with E-state index in [1.54, 1.807) is 36.0 Å². The van der Waals surface area contributed by atoms with Gasteiger partial charge >= 0.3 is 5.97 Å². The number of anilines is 1. The van der Waals surface area contributed by atoms with Crippen LogP contribution in [0, 0.1) is 17.7 Å². The molecule has 1 amide bonds. The van der Waals surface area contributed by atoms with Crippen LogP contribution in [0.5, 0.6) is 0 Å². The second kappa shape index (κ2) is 5.83. The van der Waals surface area contributed by atoms with Gasteiger partial charge in [0.2, 0.25) is 0 Å². The van der Waals surface area contributed by atoms with Crippen LogP contribution >= 0.6 is 0 Å². The maximum Gasteiger partial charge on any atom is 0.308 e. The molecular formula is C17H21FN2O3. The van der Waals surface area contributed by atoms with Gasteiger partial charge in [-0.15, -0.1) is 0 Å². The number of benzene rings is 1. The first-order valence-electron chi connectivity index (χ1n) is 7.89. The number of nitrogens with zero attached hydrogens (tertiary/aromatic N) is 2. The summed E-state index contributed by atoms with van der Waals surface area (Å²) in [5.41, 5.74) is 0.704. The van der Waals surface area contributed by atoms with E-state index in [4.69, 9.17) is 0 Å². The molecule has 6 heteroatoms. The number of fused-ring (bicyclic) bond motifs is 3. The van der Waals surface area contributed by atoms with Crippen LogP contribution in [0.15, 0.2) is 18.2 Å². The summed E-state index contributed by atoms with van der Waals surface area (Å²) in [5, 5.41) is 9.37. The van der Waals surface area contributed by atoms with E-state index in [-0.39, 0.29) is 23.4 Å². The SMILES string of the molecule is CN(C)c1ccc(C(=O)N2CC3CCC2C(C(=O)O)C3)cc1F. The Morgan fingerprint density at radius 3 is 2.61 bits per heavy atom. The fraction of sp³-hybridized carbons (Fsp3) is 0.529. The van der Waals surface area contributed by atoms with E-state index in [2.05, 4.69) is 0 Å². The first kappa shape index (κ1) is 15.8. The Morgan fingerprint density at radius 1 is 1.30 bits per heavy atom. The lowest BCUT2D eigenvalue weighted by Gasteiger charge is -2.48. The van der Waals surface area contributed by atoms with Gasteiger partial charge in [-0.2, -0.15) is 0 Å². The van der Waals surface area contributed by atoms with Gasteiger partial charge in [-0.25, -0.2) is 4.39 Å². The maximum atomic E-state index is 14.1. The van der Waals surface area contributed by atoms with Gasteiger partial charge in [0, 0.05) is 32.2 Å². The lowest BCUT2D eigenvalue weighted by atomic mass is 9.72. The highest BCUT2D eigenvalue weighted by atomic mass is 19.1. The fourth-order valence-corrected chi connectivity index (χ4v) is 3.86. The molecule has 3 aliphatic rings. The van der Waals surface area contributed by atoms with E-state index in [1.807, 2.05) is 0 Å². The summed E-state index contributed by atoms with van der Waals surface area (Å²) in [4.78, 5) is 27.4. The van der Waals surface area contributed by atoms with Crippen molar-refractivity contribution in [1.29, 1.82) is 0 Å². The minimum absolute atomic E-state index is 0.232. The summed E-state index contributed by atoms with van der Waals surface area (Å²) >= 11 is 0. The average molecular weight is 320 g/mol. The summed E-state index contributed by atoms with van der Waals surface area (Å²) < 4.78 is 14.1. The van der Waals surface area contributed by atoms with Gasteiger partial charge in [0.1, 0.15) is 5.82 Å². The van der Waals surface area contributed by atoms with E-state index in [0.717, 1.165) is 6.42 Å². The molecule has 1 aromatic carbocycles. The normalized spacial score (nSPS) is 26.2. The second-order valence-electron chi connectivity index (χ2n) is 6.71. The van der Waals surface area contributed by atoms with Crippen LogP contribution in [-0.2, 0) is 4.79 Å². The van der Waals surface area contributed by atoms with Crippen molar-refractivity contribution in [2.45, 2.75) is 25.3 Å². The van der Waals surface area contributed by atoms with Crippen LogP contribution in [-0.4, -0.2) is 48.6 Å². The van der Waals surface area contributed by atoms with Gasteiger partial charge in [0.15, 0.2) is 0 Å². The predicted molar refractivity (Wildman–Crippen MR) is 84.0 cm³/mol. The molecule has 2 aliphatic heterocycles. The van der Waals surface area contributed by atoms with E-state index in [9.17, 15) is 19.1 Å². The number of halogens is 1. The molecule has 1 saturated carbocycles. The van der Waals surface area contributed by atoms with Crippen LogP contribution in [0.1, 0.15) is 29.6 Å². The second-order valence-corrected chi connectivity index (χ2v) is 6.71. The smallest absolute Gasteiger partial charge is 0.308 e. The molecule has 4 rings (SSSR count). The van der Waals surface area contributed by atoms with Gasteiger partial charge < -0.3 is 14.9 Å². The van der Waals surface area contributed by atoms with Gasteiger partial charge in [-0.1, -0.05) is 0 Å².